The second kappa shape index (κ2) is 18.5. The van der Waals surface area contributed by atoms with Gasteiger partial charge in [-0.25, -0.2) is 0 Å². The van der Waals surface area contributed by atoms with Gasteiger partial charge in [-0.15, -0.1) is 5.10 Å². The number of halogens is 1. The lowest BCUT2D eigenvalue weighted by atomic mass is 9.49. The molecule has 5 heterocycles. The number of ether oxygens (including phenoxy) is 2. The zero-order chi connectivity index (χ0) is 47.2. The number of carbonyl (C=O) groups is 4. The first-order valence-electron chi connectivity index (χ1n) is 23.2. The van der Waals surface area contributed by atoms with E-state index >= 15 is 0 Å². The maximum atomic E-state index is 13.5. The lowest BCUT2D eigenvalue weighted by Crippen LogP contribution is -2.74. The van der Waals surface area contributed by atoms with Crippen LogP contribution in [0.15, 0.2) is 65.5 Å². The van der Waals surface area contributed by atoms with E-state index in [1.54, 1.807) is 30.3 Å². The maximum absolute atomic E-state index is 13.5. The Morgan fingerprint density at radius 2 is 1.58 bits per heavy atom. The first-order valence-corrected chi connectivity index (χ1v) is 23.6. The summed E-state index contributed by atoms with van der Waals surface area (Å²) in [5.74, 6) is -0.436. The summed E-state index contributed by atoms with van der Waals surface area (Å²) in [6.07, 6.45) is 1.85. The van der Waals surface area contributed by atoms with Gasteiger partial charge in [0.2, 0.25) is 11.8 Å². The average Bonchev–Trinajstić information content (AvgIpc) is 3.30. The lowest BCUT2D eigenvalue weighted by molar-refractivity contribution is -0.164. The summed E-state index contributed by atoms with van der Waals surface area (Å²) in [6.45, 7) is 15.9. The molecule has 17 nitrogen and oxygen atoms in total. The van der Waals surface area contributed by atoms with Crippen molar-refractivity contribution >= 4 is 57.5 Å². The molecule has 1 saturated carbocycles. The molecule has 9 rings (SSSR count). The van der Waals surface area contributed by atoms with Crippen LogP contribution in [0, 0.1) is 28.1 Å². The third-order valence-corrected chi connectivity index (χ3v) is 14.9. The van der Waals surface area contributed by atoms with E-state index in [2.05, 4.69) is 69.4 Å². The van der Waals surface area contributed by atoms with Crippen LogP contribution in [-0.4, -0.2) is 132 Å². The molecule has 1 aromatic heterocycles. The zero-order valence-corrected chi connectivity index (χ0v) is 39.1. The number of aromatic nitrogens is 3. The summed E-state index contributed by atoms with van der Waals surface area (Å²) in [4.78, 5) is 73.1. The van der Waals surface area contributed by atoms with Crippen molar-refractivity contribution in [1.29, 1.82) is 5.26 Å². The van der Waals surface area contributed by atoms with Crippen LogP contribution in [0.2, 0.25) is 5.02 Å². The van der Waals surface area contributed by atoms with Crippen LogP contribution >= 0.6 is 11.6 Å². The van der Waals surface area contributed by atoms with Crippen molar-refractivity contribution in [2.75, 3.05) is 75.3 Å². The van der Waals surface area contributed by atoms with Crippen molar-refractivity contribution in [3.8, 4) is 11.8 Å². The van der Waals surface area contributed by atoms with E-state index in [0.717, 1.165) is 61.6 Å². The van der Waals surface area contributed by atoms with E-state index in [1.807, 2.05) is 35.2 Å². The van der Waals surface area contributed by atoms with Crippen LogP contribution in [0.3, 0.4) is 0 Å². The normalized spacial score (nSPS) is 23.2. The van der Waals surface area contributed by atoms with Crippen LogP contribution in [0.5, 0.6) is 5.75 Å². The van der Waals surface area contributed by atoms with E-state index in [-0.39, 0.29) is 65.6 Å². The first-order chi connectivity index (χ1) is 32.1. The minimum atomic E-state index is -0.892. The van der Waals surface area contributed by atoms with Crippen molar-refractivity contribution in [1.82, 2.24) is 35.4 Å². The molecule has 0 spiro atoms. The summed E-state index contributed by atoms with van der Waals surface area (Å²) in [5.41, 5.74) is 2.15. The Kier molecular flexibility index (Phi) is 12.7. The number of nitrogens with one attached hydrogen (secondary N) is 2. The predicted molar refractivity (Wildman–Crippen MR) is 251 cm³/mol. The van der Waals surface area contributed by atoms with E-state index in [9.17, 15) is 29.2 Å². The topological polar surface area (TPSA) is 195 Å². The van der Waals surface area contributed by atoms with Gasteiger partial charge in [-0.3, -0.25) is 34.2 Å². The SMILES string of the molecule is CC1(C)C(NC(=O)c2ccc(N3CCN(CCOC4CCN(C(=O)C5CN(c6ccc7nnn(C8CCC(=O)NC8=O)c(=O)c7c6)C5)CC4)CC3)cc2)C(C)(C)C1Oc1ccc(C#N)c(Cl)c1. The Hall–Kier alpha value is -6.09. The average molecular weight is 934 g/mol. The van der Waals surface area contributed by atoms with Crippen molar-refractivity contribution in [3.05, 3.63) is 87.2 Å². The predicted octanol–water partition coefficient (Wildman–Crippen LogP) is 4.17. The molecule has 4 saturated heterocycles. The summed E-state index contributed by atoms with van der Waals surface area (Å²) in [7, 11) is 0. The largest absolute Gasteiger partial charge is 0.489 e. The fourth-order valence-corrected chi connectivity index (χ4v) is 11.1. The summed E-state index contributed by atoms with van der Waals surface area (Å²) < 4.78 is 13.8. The standard InChI is InChI=1S/C49H57ClN10O7/c1-48(2)46(49(3,4)47(48)67-36-11-7-31(27-51)38(50)26-36)53-42(62)30-5-8-33(9-6-30)57-21-19-56(20-22-57)23-24-66-35-15-17-58(18-16-35)44(64)32-28-59(29-32)34-10-12-39-37(25-34)45(65)60(55-54-39)40-13-14-41(61)52-43(40)63/h5-12,25-26,32,35,40,46-47H,13-24,28-29H2,1-4H3,(H,53,62)(H,52,61,63). The zero-order valence-electron chi connectivity index (χ0n) is 38.4. The summed E-state index contributed by atoms with van der Waals surface area (Å²) >= 11 is 6.26. The monoisotopic (exact) mass is 932 g/mol. The number of nitriles is 1. The third kappa shape index (κ3) is 9.18. The van der Waals surface area contributed by atoms with Gasteiger partial charge in [-0.2, -0.15) is 9.94 Å². The Bertz CT molecular complexity index is 2650. The molecule has 0 bridgehead atoms. The molecule has 1 aliphatic carbocycles. The highest BCUT2D eigenvalue weighted by Crippen LogP contribution is 2.55. The number of hydrogen-bond donors (Lipinski definition) is 2. The van der Waals surface area contributed by atoms with Gasteiger partial charge in [-0.05, 0) is 73.9 Å². The van der Waals surface area contributed by atoms with Gasteiger partial charge in [0.1, 0.15) is 29.5 Å². The summed E-state index contributed by atoms with van der Waals surface area (Å²) in [5, 5.41) is 23.6. The molecule has 5 fully saturated rings. The van der Waals surface area contributed by atoms with Gasteiger partial charge in [-0.1, -0.05) is 44.5 Å². The van der Waals surface area contributed by atoms with Crippen LogP contribution in [0.4, 0.5) is 11.4 Å². The lowest BCUT2D eigenvalue weighted by Gasteiger charge is -2.63. The molecular weight excluding hydrogens is 876 g/mol. The second-order valence-electron chi connectivity index (χ2n) is 19.7. The van der Waals surface area contributed by atoms with Gasteiger partial charge in [0, 0.05) is 105 Å². The molecule has 4 aliphatic heterocycles. The Morgan fingerprint density at radius 3 is 2.25 bits per heavy atom. The molecule has 1 unspecified atom stereocenters. The Morgan fingerprint density at radius 1 is 0.881 bits per heavy atom. The quantitative estimate of drug-likeness (QED) is 0.193. The van der Waals surface area contributed by atoms with E-state index in [0.29, 0.717) is 65.6 Å². The Balaban J connectivity index is 0.671. The number of benzene rings is 3. The molecule has 5 aliphatic rings. The number of amides is 4. The molecule has 0 radical (unpaired) electrons. The molecular formula is C49H57ClN10O7. The van der Waals surface area contributed by atoms with Gasteiger partial charge < -0.3 is 29.5 Å². The minimum Gasteiger partial charge on any atom is -0.489 e. The van der Waals surface area contributed by atoms with Gasteiger partial charge >= 0.3 is 0 Å². The molecule has 18 heteroatoms. The number of anilines is 2. The Labute approximate surface area is 394 Å². The van der Waals surface area contributed by atoms with Crippen LogP contribution < -0.4 is 30.7 Å². The molecule has 67 heavy (non-hydrogen) atoms. The molecule has 4 aromatic rings. The van der Waals surface area contributed by atoms with Crippen LogP contribution in [0.1, 0.15) is 75.3 Å². The van der Waals surface area contributed by atoms with E-state index < -0.39 is 17.5 Å². The number of likely N-dealkylation sites (tertiary alicyclic amines) is 1. The highest BCUT2D eigenvalue weighted by Gasteiger charge is 2.64. The fourth-order valence-electron chi connectivity index (χ4n) is 10.9. The van der Waals surface area contributed by atoms with Gasteiger partial charge in [0.25, 0.3) is 17.4 Å². The number of hydrogen-bond acceptors (Lipinski definition) is 13. The highest BCUT2D eigenvalue weighted by atomic mass is 35.5. The molecule has 1 atom stereocenters. The number of piperidine rings is 2. The molecule has 4 amide bonds. The third-order valence-electron chi connectivity index (χ3n) is 14.6. The number of rotatable bonds is 12. The van der Waals surface area contributed by atoms with E-state index in [1.165, 1.54) is 0 Å². The number of fused-ring (bicyclic) bond motifs is 1. The highest BCUT2D eigenvalue weighted by molar-refractivity contribution is 6.31. The number of piperazine rings is 1. The molecule has 352 valence electrons. The second-order valence-corrected chi connectivity index (χ2v) is 20.1. The molecule has 2 N–H and O–H groups in total. The van der Waals surface area contributed by atoms with Crippen molar-refractivity contribution < 1.29 is 28.7 Å². The van der Waals surface area contributed by atoms with Crippen molar-refractivity contribution in [3.63, 3.8) is 0 Å². The number of imide groups is 1. The number of nitrogens with zero attached hydrogens (tertiary/aromatic N) is 8. The molecule has 3 aromatic carbocycles. The van der Waals surface area contributed by atoms with E-state index in [4.69, 9.17) is 21.1 Å². The summed E-state index contributed by atoms with van der Waals surface area (Å²) in [6, 6.07) is 19.3. The number of carbonyl (C=O) groups excluding carboxylic acids is 4. The maximum Gasteiger partial charge on any atom is 0.278 e. The smallest absolute Gasteiger partial charge is 0.278 e. The van der Waals surface area contributed by atoms with Crippen molar-refractivity contribution in [2.45, 2.75) is 77.7 Å². The van der Waals surface area contributed by atoms with Gasteiger partial charge in [0.05, 0.1) is 34.6 Å². The van der Waals surface area contributed by atoms with Crippen LogP contribution in [0.25, 0.3) is 10.9 Å². The minimum absolute atomic E-state index is 0.119. The first kappa shape index (κ1) is 46.0. The van der Waals surface area contributed by atoms with Crippen molar-refractivity contribution in [2.24, 2.45) is 16.7 Å². The van der Waals surface area contributed by atoms with Crippen LogP contribution in [-0.2, 0) is 19.1 Å². The van der Waals surface area contributed by atoms with Gasteiger partial charge in [0.15, 0.2) is 0 Å². The fraction of sp³-hybridized carbons (Fsp3) is 0.510.